The first-order valence-corrected chi connectivity index (χ1v) is 10.2. The Morgan fingerprint density at radius 2 is 1.86 bits per heavy atom. The fourth-order valence-corrected chi connectivity index (χ4v) is 3.90. The van der Waals surface area contributed by atoms with Gasteiger partial charge in [0.25, 0.3) is 0 Å². The van der Waals surface area contributed by atoms with Gasteiger partial charge in [-0.3, -0.25) is 9.80 Å². The predicted octanol–water partition coefficient (Wildman–Crippen LogP) is 3.36. The molecule has 28 heavy (non-hydrogen) atoms. The molecular weight excluding hydrogens is 348 g/mol. The first-order chi connectivity index (χ1) is 13.8. The molecule has 1 aliphatic rings. The molecule has 0 aromatic heterocycles. The third kappa shape index (κ3) is 5.93. The predicted molar refractivity (Wildman–Crippen MR) is 115 cm³/mol. The Bertz CT molecular complexity index is 720. The van der Waals surface area contributed by atoms with Gasteiger partial charge in [-0.15, -0.1) is 0 Å². The average molecular weight is 381 g/mol. The van der Waals surface area contributed by atoms with E-state index >= 15 is 0 Å². The molecule has 3 rings (SSSR count). The summed E-state index contributed by atoms with van der Waals surface area (Å²) in [5, 5.41) is 9.56. The third-order valence-electron chi connectivity index (χ3n) is 5.40. The van der Waals surface area contributed by atoms with E-state index in [1.807, 2.05) is 12.1 Å². The summed E-state index contributed by atoms with van der Waals surface area (Å²) in [6, 6.07) is 19.3. The SMILES string of the molecule is C=CCOc1ccccc1CN1CCN(CCc2ccccc2)[C@H](CCO)C1. The van der Waals surface area contributed by atoms with E-state index in [0.29, 0.717) is 12.6 Å². The Balaban J connectivity index is 1.58. The molecule has 1 fully saturated rings. The van der Waals surface area contributed by atoms with Crippen LogP contribution in [-0.4, -0.2) is 60.3 Å². The third-order valence-corrected chi connectivity index (χ3v) is 5.40. The highest BCUT2D eigenvalue weighted by molar-refractivity contribution is 5.33. The molecule has 2 aromatic carbocycles. The fraction of sp³-hybridized carbons (Fsp3) is 0.417. The van der Waals surface area contributed by atoms with Gasteiger partial charge in [0.05, 0.1) is 0 Å². The standard InChI is InChI=1S/C24H32N2O2/c1-2-18-28-24-11-7-6-10-22(24)19-25-15-16-26(23(20-25)13-17-27)14-12-21-8-4-3-5-9-21/h2-11,23,27H,1,12-20H2/t23-/m1/s1. The average Bonchev–Trinajstić information content (AvgIpc) is 2.73. The van der Waals surface area contributed by atoms with Gasteiger partial charge in [-0.25, -0.2) is 0 Å². The molecule has 4 heteroatoms. The molecule has 0 saturated carbocycles. The van der Waals surface area contributed by atoms with Gasteiger partial charge in [0.2, 0.25) is 0 Å². The molecular formula is C24H32N2O2. The van der Waals surface area contributed by atoms with Gasteiger partial charge in [-0.2, -0.15) is 0 Å². The molecule has 0 unspecified atom stereocenters. The molecule has 0 amide bonds. The maximum absolute atomic E-state index is 9.56. The van der Waals surface area contributed by atoms with Crippen molar-refractivity contribution < 1.29 is 9.84 Å². The highest BCUT2D eigenvalue weighted by atomic mass is 16.5. The van der Waals surface area contributed by atoms with Crippen molar-refractivity contribution in [3.63, 3.8) is 0 Å². The monoisotopic (exact) mass is 380 g/mol. The lowest BCUT2D eigenvalue weighted by atomic mass is 10.1. The summed E-state index contributed by atoms with van der Waals surface area (Å²) in [6.45, 7) is 9.46. The van der Waals surface area contributed by atoms with E-state index in [4.69, 9.17) is 4.74 Å². The van der Waals surface area contributed by atoms with E-state index in [1.54, 1.807) is 6.08 Å². The Morgan fingerprint density at radius 1 is 1.07 bits per heavy atom. The number of rotatable bonds is 10. The molecule has 4 nitrogen and oxygen atoms in total. The van der Waals surface area contributed by atoms with Crippen LogP contribution in [0.3, 0.4) is 0 Å². The van der Waals surface area contributed by atoms with Crippen LogP contribution in [0.25, 0.3) is 0 Å². The zero-order valence-corrected chi connectivity index (χ0v) is 16.7. The van der Waals surface area contributed by atoms with Gasteiger partial charge in [0.15, 0.2) is 0 Å². The van der Waals surface area contributed by atoms with E-state index < -0.39 is 0 Å². The maximum atomic E-state index is 9.56. The van der Waals surface area contributed by atoms with Gasteiger partial charge in [0, 0.05) is 50.9 Å². The summed E-state index contributed by atoms with van der Waals surface area (Å²) in [5.74, 6) is 0.938. The van der Waals surface area contributed by atoms with Crippen LogP contribution in [-0.2, 0) is 13.0 Å². The smallest absolute Gasteiger partial charge is 0.124 e. The summed E-state index contributed by atoms with van der Waals surface area (Å²) in [6.07, 6.45) is 3.65. The number of benzene rings is 2. The number of hydrogen-bond donors (Lipinski definition) is 1. The number of hydrogen-bond acceptors (Lipinski definition) is 4. The highest BCUT2D eigenvalue weighted by Gasteiger charge is 2.26. The maximum Gasteiger partial charge on any atom is 0.124 e. The topological polar surface area (TPSA) is 35.9 Å². The Labute approximate surface area is 169 Å². The van der Waals surface area contributed by atoms with Crippen LogP contribution >= 0.6 is 0 Å². The minimum absolute atomic E-state index is 0.235. The van der Waals surface area contributed by atoms with Crippen LogP contribution in [0.1, 0.15) is 17.5 Å². The van der Waals surface area contributed by atoms with Crippen molar-refractivity contribution in [2.75, 3.05) is 39.4 Å². The molecule has 1 aliphatic heterocycles. The molecule has 0 spiro atoms. The van der Waals surface area contributed by atoms with Crippen molar-refractivity contribution in [1.82, 2.24) is 9.80 Å². The fourth-order valence-electron chi connectivity index (χ4n) is 3.90. The molecule has 0 aliphatic carbocycles. The van der Waals surface area contributed by atoms with E-state index in [2.05, 4.69) is 58.8 Å². The summed E-state index contributed by atoms with van der Waals surface area (Å²) in [7, 11) is 0. The van der Waals surface area contributed by atoms with E-state index in [9.17, 15) is 5.11 Å². The van der Waals surface area contributed by atoms with Crippen LogP contribution in [0, 0.1) is 0 Å². The zero-order valence-electron chi connectivity index (χ0n) is 16.7. The molecule has 1 saturated heterocycles. The molecule has 1 N–H and O–H groups in total. The molecule has 0 radical (unpaired) electrons. The lowest BCUT2D eigenvalue weighted by Gasteiger charge is -2.41. The second kappa shape index (κ2) is 11.0. The van der Waals surface area contributed by atoms with Crippen LogP contribution in [0.5, 0.6) is 5.75 Å². The van der Waals surface area contributed by atoms with Gasteiger partial charge >= 0.3 is 0 Å². The number of ether oxygens (including phenoxy) is 1. The number of aliphatic hydroxyl groups excluding tert-OH is 1. The zero-order chi connectivity index (χ0) is 19.6. The minimum Gasteiger partial charge on any atom is -0.489 e. The summed E-state index contributed by atoms with van der Waals surface area (Å²) in [4.78, 5) is 5.02. The van der Waals surface area contributed by atoms with Crippen LogP contribution in [0.2, 0.25) is 0 Å². The second-order valence-corrected chi connectivity index (χ2v) is 7.38. The Morgan fingerprint density at radius 3 is 2.64 bits per heavy atom. The van der Waals surface area contributed by atoms with Crippen molar-refractivity contribution >= 4 is 0 Å². The highest BCUT2D eigenvalue weighted by Crippen LogP contribution is 2.22. The van der Waals surface area contributed by atoms with E-state index in [0.717, 1.165) is 51.3 Å². The Kier molecular flexibility index (Phi) is 8.09. The second-order valence-electron chi connectivity index (χ2n) is 7.38. The van der Waals surface area contributed by atoms with Crippen molar-refractivity contribution in [1.29, 1.82) is 0 Å². The van der Waals surface area contributed by atoms with Crippen molar-refractivity contribution in [3.05, 3.63) is 78.4 Å². The molecule has 2 aromatic rings. The van der Waals surface area contributed by atoms with Gasteiger partial charge in [-0.1, -0.05) is 61.2 Å². The molecule has 150 valence electrons. The molecule has 0 bridgehead atoms. The number of piperazine rings is 1. The molecule has 1 atom stereocenters. The number of aliphatic hydroxyl groups is 1. The Hall–Kier alpha value is -2.14. The van der Waals surface area contributed by atoms with Crippen LogP contribution in [0.4, 0.5) is 0 Å². The van der Waals surface area contributed by atoms with Gasteiger partial charge in [-0.05, 0) is 24.5 Å². The van der Waals surface area contributed by atoms with Gasteiger partial charge < -0.3 is 9.84 Å². The van der Waals surface area contributed by atoms with Crippen molar-refractivity contribution in [3.8, 4) is 5.75 Å². The lowest BCUT2D eigenvalue weighted by Crippen LogP contribution is -2.53. The lowest BCUT2D eigenvalue weighted by molar-refractivity contribution is 0.0558. The largest absolute Gasteiger partial charge is 0.489 e. The van der Waals surface area contributed by atoms with Crippen molar-refractivity contribution in [2.24, 2.45) is 0 Å². The van der Waals surface area contributed by atoms with Crippen LogP contribution < -0.4 is 4.74 Å². The number of nitrogens with zero attached hydrogens (tertiary/aromatic N) is 2. The van der Waals surface area contributed by atoms with E-state index in [-0.39, 0.29) is 6.61 Å². The van der Waals surface area contributed by atoms with Gasteiger partial charge in [0.1, 0.15) is 12.4 Å². The number of para-hydroxylation sites is 1. The summed E-state index contributed by atoms with van der Waals surface area (Å²) in [5.41, 5.74) is 2.59. The minimum atomic E-state index is 0.235. The van der Waals surface area contributed by atoms with Crippen molar-refractivity contribution in [2.45, 2.75) is 25.4 Å². The first kappa shape index (κ1) is 20.6. The summed E-state index contributed by atoms with van der Waals surface area (Å²) >= 11 is 0. The van der Waals surface area contributed by atoms with Crippen LogP contribution in [0.15, 0.2) is 67.3 Å². The first-order valence-electron chi connectivity index (χ1n) is 10.2. The normalized spacial score (nSPS) is 18.1. The summed E-state index contributed by atoms with van der Waals surface area (Å²) < 4.78 is 5.82. The van der Waals surface area contributed by atoms with E-state index in [1.165, 1.54) is 11.1 Å². The quantitative estimate of drug-likeness (QED) is 0.641. The molecule has 1 heterocycles.